The lowest BCUT2D eigenvalue weighted by Crippen LogP contribution is -1.83. The molecule has 0 aliphatic carbocycles. The maximum absolute atomic E-state index is 5.24. The average molecular weight is 301 g/mol. The second-order valence-corrected chi connectivity index (χ2v) is 6.06. The van der Waals surface area contributed by atoms with Gasteiger partial charge in [0, 0.05) is 21.8 Å². The van der Waals surface area contributed by atoms with Crippen LogP contribution in [-0.4, -0.2) is 12.1 Å². The Kier molecular flexibility index (Phi) is 3.12. The van der Waals surface area contributed by atoms with Crippen LogP contribution in [0.25, 0.3) is 32.9 Å². The SMILES string of the molecule is COc1ccc(-c2ccc3[nH]c4c(C)ccc(C)c4c3c2)cc1. The first-order chi connectivity index (χ1) is 11.2. The lowest BCUT2D eigenvalue weighted by Gasteiger charge is -2.05. The molecule has 0 fully saturated rings. The zero-order valence-electron chi connectivity index (χ0n) is 13.6. The molecule has 114 valence electrons. The Morgan fingerprint density at radius 1 is 0.783 bits per heavy atom. The number of aromatic amines is 1. The van der Waals surface area contributed by atoms with Gasteiger partial charge in [-0.1, -0.05) is 30.3 Å². The molecule has 0 saturated heterocycles. The minimum atomic E-state index is 0.883. The van der Waals surface area contributed by atoms with Crippen molar-refractivity contribution in [1.29, 1.82) is 0 Å². The number of benzene rings is 3. The third kappa shape index (κ3) is 2.18. The van der Waals surface area contributed by atoms with Gasteiger partial charge in [-0.15, -0.1) is 0 Å². The number of nitrogens with one attached hydrogen (secondary N) is 1. The number of hydrogen-bond donors (Lipinski definition) is 1. The van der Waals surface area contributed by atoms with Crippen molar-refractivity contribution in [2.75, 3.05) is 7.11 Å². The molecule has 0 unspecified atom stereocenters. The number of hydrogen-bond acceptors (Lipinski definition) is 1. The third-order valence-corrected chi connectivity index (χ3v) is 4.59. The predicted molar refractivity (Wildman–Crippen MR) is 97.3 cm³/mol. The Morgan fingerprint density at radius 3 is 2.22 bits per heavy atom. The minimum Gasteiger partial charge on any atom is -0.497 e. The van der Waals surface area contributed by atoms with Gasteiger partial charge in [-0.25, -0.2) is 0 Å². The first-order valence-electron chi connectivity index (χ1n) is 7.83. The van der Waals surface area contributed by atoms with E-state index in [2.05, 4.69) is 61.3 Å². The molecule has 0 aliphatic heterocycles. The van der Waals surface area contributed by atoms with Gasteiger partial charge in [-0.05, 0) is 60.4 Å². The van der Waals surface area contributed by atoms with Crippen LogP contribution in [0.2, 0.25) is 0 Å². The second kappa shape index (κ2) is 5.17. The third-order valence-electron chi connectivity index (χ3n) is 4.59. The predicted octanol–water partition coefficient (Wildman–Crippen LogP) is 5.61. The van der Waals surface area contributed by atoms with Gasteiger partial charge < -0.3 is 9.72 Å². The van der Waals surface area contributed by atoms with E-state index in [4.69, 9.17) is 4.74 Å². The summed E-state index contributed by atoms with van der Waals surface area (Å²) in [5.41, 5.74) is 7.45. The standard InChI is InChI=1S/C21H19NO/c1-13-4-5-14(2)21-20(13)18-12-16(8-11-19(18)22-21)15-6-9-17(23-3)10-7-15/h4-12,22H,1-3H3. The van der Waals surface area contributed by atoms with Crippen LogP contribution in [-0.2, 0) is 0 Å². The summed E-state index contributed by atoms with van der Waals surface area (Å²) in [4.78, 5) is 3.56. The van der Waals surface area contributed by atoms with Crippen LogP contribution in [0, 0.1) is 13.8 Å². The Morgan fingerprint density at radius 2 is 1.48 bits per heavy atom. The van der Waals surface area contributed by atoms with Crippen molar-refractivity contribution in [3.63, 3.8) is 0 Å². The number of fused-ring (bicyclic) bond motifs is 3. The molecule has 0 radical (unpaired) electrons. The highest BCUT2D eigenvalue weighted by molar-refractivity contribution is 6.11. The van der Waals surface area contributed by atoms with Gasteiger partial charge in [0.2, 0.25) is 0 Å². The number of ether oxygens (including phenoxy) is 1. The van der Waals surface area contributed by atoms with Crippen molar-refractivity contribution >= 4 is 21.8 Å². The van der Waals surface area contributed by atoms with Crippen molar-refractivity contribution in [1.82, 2.24) is 4.98 Å². The highest BCUT2D eigenvalue weighted by Gasteiger charge is 2.10. The molecular weight excluding hydrogens is 282 g/mol. The van der Waals surface area contributed by atoms with Crippen LogP contribution in [0.5, 0.6) is 5.75 Å². The number of aromatic nitrogens is 1. The maximum atomic E-state index is 5.24. The van der Waals surface area contributed by atoms with Gasteiger partial charge in [-0.3, -0.25) is 0 Å². The average Bonchev–Trinajstić information content (AvgIpc) is 2.98. The van der Waals surface area contributed by atoms with Gasteiger partial charge in [0.1, 0.15) is 5.75 Å². The summed E-state index contributed by atoms with van der Waals surface area (Å²) in [5.74, 6) is 0.883. The van der Waals surface area contributed by atoms with Crippen LogP contribution >= 0.6 is 0 Å². The summed E-state index contributed by atoms with van der Waals surface area (Å²) in [5, 5.41) is 2.62. The molecule has 0 spiro atoms. The van der Waals surface area contributed by atoms with E-state index in [-0.39, 0.29) is 0 Å². The molecule has 2 heteroatoms. The summed E-state index contributed by atoms with van der Waals surface area (Å²) in [6, 6.07) is 19.2. The fourth-order valence-electron chi connectivity index (χ4n) is 3.28. The first kappa shape index (κ1) is 13.9. The van der Waals surface area contributed by atoms with Crippen molar-refractivity contribution in [3.8, 4) is 16.9 Å². The van der Waals surface area contributed by atoms with Crippen LogP contribution < -0.4 is 4.74 Å². The summed E-state index contributed by atoms with van der Waals surface area (Å²) in [6.07, 6.45) is 0. The molecule has 1 N–H and O–H groups in total. The van der Waals surface area contributed by atoms with Crippen molar-refractivity contribution in [2.24, 2.45) is 0 Å². The summed E-state index contributed by atoms with van der Waals surface area (Å²) in [7, 11) is 1.69. The van der Waals surface area contributed by atoms with Crippen LogP contribution in [0.3, 0.4) is 0 Å². The number of methoxy groups -OCH3 is 1. The van der Waals surface area contributed by atoms with E-state index in [0.717, 1.165) is 5.75 Å². The van der Waals surface area contributed by atoms with Gasteiger partial charge in [0.05, 0.1) is 7.11 Å². The molecule has 1 heterocycles. The van der Waals surface area contributed by atoms with E-state index < -0.39 is 0 Å². The van der Waals surface area contributed by atoms with E-state index in [1.807, 2.05) is 12.1 Å². The molecule has 4 rings (SSSR count). The highest BCUT2D eigenvalue weighted by Crippen LogP contribution is 2.33. The fraction of sp³-hybridized carbons (Fsp3) is 0.143. The van der Waals surface area contributed by atoms with E-state index in [1.54, 1.807) is 7.11 Å². The molecule has 0 atom stereocenters. The minimum absolute atomic E-state index is 0.883. The Balaban J connectivity index is 1.96. The molecule has 0 saturated carbocycles. The summed E-state index contributed by atoms with van der Waals surface area (Å²) in [6.45, 7) is 4.33. The zero-order chi connectivity index (χ0) is 16.0. The first-order valence-corrected chi connectivity index (χ1v) is 7.83. The topological polar surface area (TPSA) is 25.0 Å². The fourth-order valence-corrected chi connectivity index (χ4v) is 3.28. The number of rotatable bonds is 2. The van der Waals surface area contributed by atoms with Crippen LogP contribution in [0.4, 0.5) is 0 Å². The molecule has 4 aromatic rings. The molecule has 1 aromatic heterocycles. The molecule has 23 heavy (non-hydrogen) atoms. The van der Waals surface area contributed by atoms with Crippen molar-refractivity contribution < 1.29 is 4.74 Å². The quantitative estimate of drug-likeness (QED) is 0.511. The lowest BCUT2D eigenvalue weighted by molar-refractivity contribution is 0.415. The summed E-state index contributed by atoms with van der Waals surface area (Å²) < 4.78 is 5.24. The van der Waals surface area contributed by atoms with Gasteiger partial charge >= 0.3 is 0 Å². The van der Waals surface area contributed by atoms with Crippen molar-refractivity contribution in [2.45, 2.75) is 13.8 Å². The normalized spacial score (nSPS) is 11.3. The van der Waals surface area contributed by atoms with E-state index in [9.17, 15) is 0 Å². The van der Waals surface area contributed by atoms with Crippen LogP contribution in [0.15, 0.2) is 54.6 Å². The van der Waals surface area contributed by atoms with Crippen molar-refractivity contribution in [3.05, 3.63) is 65.7 Å². The Labute approximate surface area is 135 Å². The molecule has 3 aromatic carbocycles. The molecule has 2 nitrogen and oxygen atoms in total. The van der Waals surface area contributed by atoms with E-state index in [0.29, 0.717) is 0 Å². The maximum Gasteiger partial charge on any atom is 0.118 e. The monoisotopic (exact) mass is 301 g/mol. The van der Waals surface area contributed by atoms with Crippen LogP contribution in [0.1, 0.15) is 11.1 Å². The van der Waals surface area contributed by atoms with Gasteiger partial charge in [-0.2, -0.15) is 0 Å². The number of aryl methyl sites for hydroxylation is 2. The van der Waals surface area contributed by atoms with E-state index >= 15 is 0 Å². The van der Waals surface area contributed by atoms with E-state index in [1.165, 1.54) is 44.1 Å². The zero-order valence-corrected chi connectivity index (χ0v) is 13.6. The molecule has 0 aliphatic rings. The Hall–Kier alpha value is -2.74. The number of H-pyrrole nitrogens is 1. The highest BCUT2D eigenvalue weighted by atomic mass is 16.5. The second-order valence-electron chi connectivity index (χ2n) is 6.06. The smallest absolute Gasteiger partial charge is 0.118 e. The Bertz CT molecular complexity index is 1010. The molecule has 0 bridgehead atoms. The largest absolute Gasteiger partial charge is 0.497 e. The summed E-state index contributed by atoms with van der Waals surface area (Å²) >= 11 is 0. The molecular formula is C21H19NO. The van der Waals surface area contributed by atoms with Gasteiger partial charge in [0.15, 0.2) is 0 Å². The van der Waals surface area contributed by atoms with Gasteiger partial charge in [0.25, 0.3) is 0 Å². The lowest BCUT2D eigenvalue weighted by atomic mass is 10.0. The molecule has 0 amide bonds.